The van der Waals surface area contributed by atoms with Gasteiger partial charge in [0.1, 0.15) is 12.1 Å². The maximum absolute atomic E-state index is 13.7. The van der Waals surface area contributed by atoms with Crippen LogP contribution in [0.15, 0.2) is 126 Å². The Hall–Kier alpha value is -4.93. The molecule has 0 saturated heterocycles. The molecule has 0 aromatic heterocycles. The van der Waals surface area contributed by atoms with Crippen LogP contribution in [0.1, 0.15) is 15.9 Å². The van der Waals surface area contributed by atoms with Crippen LogP contribution in [0.3, 0.4) is 0 Å². The lowest BCUT2D eigenvalue weighted by molar-refractivity contribution is 0.101. The molecule has 0 spiro atoms. The van der Waals surface area contributed by atoms with Gasteiger partial charge in [-0.15, -0.1) is 0 Å². The summed E-state index contributed by atoms with van der Waals surface area (Å²) in [6, 6.07) is 30.7. The number of carbonyl (C=O) groups is 1. The maximum atomic E-state index is 13.7. The average Bonchev–Trinajstić information content (AvgIpc) is 2.89. The molecule has 0 aliphatic carbocycles. The van der Waals surface area contributed by atoms with E-state index in [2.05, 4.69) is 0 Å². The van der Waals surface area contributed by atoms with Gasteiger partial charge in [-0.3, -0.25) is 4.79 Å². The van der Waals surface area contributed by atoms with Crippen LogP contribution >= 0.6 is 0 Å². The third-order valence-corrected chi connectivity index (χ3v) is 5.19. The van der Waals surface area contributed by atoms with Gasteiger partial charge in [0.05, 0.1) is 11.4 Å². The summed E-state index contributed by atoms with van der Waals surface area (Å²) in [6.45, 7) is 0. The van der Waals surface area contributed by atoms with E-state index in [-0.39, 0.29) is 11.4 Å². The molecular weight excluding hydrogens is 406 g/mol. The minimum absolute atomic E-state index is 0.0678. The van der Waals surface area contributed by atoms with Gasteiger partial charge in [0.15, 0.2) is 5.57 Å². The fraction of sp³-hybridized carbons (Fsp3) is 0. The molecule has 1 aliphatic rings. The summed E-state index contributed by atoms with van der Waals surface area (Å²) in [5, 5.41) is 18.9. The summed E-state index contributed by atoms with van der Waals surface area (Å²) in [7, 11) is 0. The molecule has 1 aliphatic heterocycles. The minimum atomic E-state index is -0.217. The van der Waals surface area contributed by atoms with E-state index in [9.17, 15) is 15.3 Å². The molecule has 4 nitrogen and oxygen atoms in total. The quantitative estimate of drug-likeness (QED) is 0.275. The molecule has 4 rings (SSSR count). The number of benzene rings is 3. The highest BCUT2D eigenvalue weighted by atomic mass is 16.1. The van der Waals surface area contributed by atoms with E-state index in [1.165, 1.54) is 0 Å². The van der Waals surface area contributed by atoms with Crippen molar-refractivity contribution in [3.05, 3.63) is 137 Å². The van der Waals surface area contributed by atoms with Crippen molar-refractivity contribution in [2.45, 2.75) is 0 Å². The zero-order valence-corrected chi connectivity index (χ0v) is 17.7. The largest absolute Gasteiger partial charge is 0.312 e. The number of ketones is 1. The van der Waals surface area contributed by atoms with Gasteiger partial charge >= 0.3 is 0 Å². The fourth-order valence-corrected chi connectivity index (χ4v) is 3.54. The van der Waals surface area contributed by atoms with Crippen molar-refractivity contribution in [2.24, 2.45) is 0 Å². The molecule has 0 saturated carbocycles. The lowest BCUT2D eigenvalue weighted by Gasteiger charge is -2.26. The molecule has 33 heavy (non-hydrogen) atoms. The van der Waals surface area contributed by atoms with Crippen LogP contribution in [0.2, 0.25) is 0 Å². The fourth-order valence-electron chi connectivity index (χ4n) is 3.54. The molecule has 4 heteroatoms. The second kappa shape index (κ2) is 9.92. The lowest BCUT2D eigenvalue weighted by atomic mass is 9.99. The SMILES string of the molecule is N#CC(C#N)=C1C=CC=CN1/C(=C\c1ccccc1)C(=O)c1ccc(-c2ccccc2)cc1. The Bertz CT molecular complexity index is 1350. The molecule has 0 bridgehead atoms. The average molecular weight is 425 g/mol. The first-order chi connectivity index (χ1) is 16.2. The van der Waals surface area contributed by atoms with Crippen LogP contribution in [0.4, 0.5) is 0 Å². The van der Waals surface area contributed by atoms with Crippen molar-refractivity contribution in [2.75, 3.05) is 0 Å². The molecule has 0 unspecified atom stereocenters. The minimum Gasteiger partial charge on any atom is -0.312 e. The summed E-state index contributed by atoms with van der Waals surface area (Å²) in [4.78, 5) is 15.3. The molecule has 0 fully saturated rings. The highest BCUT2D eigenvalue weighted by Gasteiger charge is 2.23. The molecule has 3 aromatic carbocycles. The van der Waals surface area contributed by atoms with Gasteiger partial charge in [-0.25, -0.2) is 0 Å². The van der Waals surface area contributed by atoms with Crippen LogP contribution in [-0.4, -0.2) is 10.7 Å². The molecule has 156 valence electrons. The molecular formula is C29H19N3O. The van der Waals surface area contributed by atoms with E-state index in [1.54, 1.807) is 47.5 Å². The number of hydrogen-bond acceptors (Lipinski definition) is 4. The van der Waals surface area contributed by atoms with Crippen molar-refractivity contribution >= 4 is 11.9 Å². The van der Waals surface area contributed by atoms with Crippen molar-refractivity contribution in [1.29, 1.82) is 10.5 Å². The third-order valence-electron chi connectivity index (χ3n) is 5.19. The molecule has 3 aromatic rings. The Morgan fingerprint density at radius 1 is 0.758 bits per heavy atom. The monoisotopic (exact) mass is 425 g/mol. The van der Waals surface area contributed by atoms with Crippen molar-refractivity contribution in [3.63, 3.8) is 0 Å². The van der Waals surface area contributed by atoms with Crippen LogP contribution in [0, 0.1) is 22.7 Å². The second-order valence-electron chi connectivity index (χ2n) is 7.27. The number of hydrogen-bond donors (Lipinski definition) is 0. The van der Waals surface area contributed by atoms with Gasteiger partial charge in [0, 0.05) is 11.8 Å². The van der Waals surface area contributed by atoms with E-state index < -0.39 is 0 Å². The Morgan fingerprint density at radius 2 is 1.36 bits per heavy atom. The molecule has 1 heterocycles. The van der Waals surface area contributed by atoms with Crippen LogP contribution < -0.4 is 0 Å². The zero-order chi connectivity index (χ0) is 23.0. The van der Waals surface area contributed by atoms with E-state index in [1.807, 2.05) is 84.9 Å². The van der Waals surface area contributed by atoms with Gasteiger partial charge in [-0.1, -0.05) is 91.0 Å². The predicted octanol–water partition coefficient (Wildman–Crippen LogP) is 6.26. The number of carbonyl (C=O) groups excluding carboxylic acids is 1. The predicted molar refractivity (Wildman–Crippen MR) is 129 cm³/mol. The highest BCUT2D eigenvalue weighted by molar-refractivity contribution is 6.11. The Balaban J connectivity index is 1.78. The summed E-state index contributed by atoms with van der Waals surface area (Å²) < 4.78 is 0. The second-order valence-corrected chi connectivity index (χ2v) is 7.27. The molecule has 0 amide bonds. The van der Waals surface area contributed by atoms with Crippen molar-refractivity contribution in [3.8, 4) is 23.3 Å². The molecule has 0 radical (unpaired) electrons. The smallest absolute Gasteiger partial charge is 0.209 e. The van der Waals surface area contributed by atoms with Crippen LogP contribution in [0.25, 0.3) is 17.2 Å². The Morgan fingerprint density at radius 3 is 2.00 bits per heavy atom. The normalized spacial score (nSPS) is 12.7. The maximum Gasteiger partial charge on any atom is 0.209 e. The van der Waals surface area contributed by atoms with Gasteiger partial charge in [-0.2, -0.15) is 10.5 Å². The first-order valence-electron chi connectivity index (χ1n) is 10.4. The topological polar surface area (TPSA) is 67.9 Å². The standard InChI is InChI=1S/C29H19N3O/c30-20-26(21-31)27-13-7-8-18-32(27)28(19-22-9-3-1-4-10-22)29(33)25-16-14-24(15-17-25)23-11-5-2-6-12-23/h1-19H/b28-19-. The van der Waals surface area contributed by atoms with Crippen molar-refractivity contribution in [1.82, 2.24) is 4.90 Å². The third kappa shape index (κ3) is 4.71. The van der Waals surface area contributed by atoms with E-state index in [4.69, 9.17) is 0 Å². The first-order valence-corrected chi connectivity index (χ1v) is 10.4. The Labute approximate surface area is 193 Å². The highest BCUT2D eigenvalue weighted by Crippen LogP contribution is 2.27. The number of Topliss-reactive ketones (excluding diaryl/α,β-unsaturated/α-hetero) is 1. The van der Waals surface area contributed by atoms with Crippen LogP contribution in [-0.2, 0) is 0 Å². The van der Waals surface area contributed by atoms with E-state index >= 15 is 0 Å². The number of nitriles is 2. The van der Waals surface area contributed by atoms with Gasteiger partial charge in [0.2, 0.25) is 5.78 Å². The summed E-state index contributed by atoms with van der Waals surface area (Å²) in [6.07, 6.45) is 8.62. The summed E-state index contributed by atoms with van der Waals surface area (Å²) >= 11 is 0. The number of rotatable bonds is 5. The van der Waals surface area contributed by atoms with Gasteiger partial charge < -0.3 is 4.90 Å². The number of allylic oxidation sites excluding steroid dienone is 5. The van der Waals surface area contributed by atoms with Gasteiger partial charge in [0.25, 0.3) is 0 Å². The summed E-state index contributed by atoms with van der Waals surface area (Å²) in [5.74, 6) is -0.217. The molecule has 0 atom stereocenters. The van der Waals surface area contributed by atoms with Gasteiger partial charge in [-0.05, 0) is 34.9 Å². The van der Waals surface area contributed by atoms with Crippen molar-refractivity contribution < 1.29 is 4.79 Å². The zero-order valence-electron chi connectivity index (χ0n) is 17.7. The van der Waals surface area contributed by atoms with E-state index in [0.717, 1.165) is 16.7 Å². The summed E-state index contributed by atoms with van der Waals surface area (Å²) in [5.41, 5.74) is 4.05. The van der Waals surface area contributed by atoms with E-state index in [0.29, 0.717) is 17.0 Å². The molecule has 0 N–H and O–H groups in total. The lowest BCUT2D eigenvalue weighted by Crippen LogP contribution is -2.24. The Kier molecular flexibility index (Phi) is 6.40. The first kappa shape index (κ1) is 21.3. The van der Waals surface area contributed by atoms with Crippen LogP contribution in [0.5, 0.6) is 0 Å². The number of nitrogens with zero attached hydrogens (tertiary/aromatic N) is 3.